The Morgan fingerprint density at radius 2 is 1.88 bits per heavy atom. The molecule has 1 amide bonds. The first kappa shape index (κ1) is 17.6. The van der Waals surface area contributed by atoms with Gasteiger partial charge < -0.3 is 9.88 Å². The van der Waals surface area contributed by atoms with Crippen molar-refractivity contribution in [3.63, 3.8) is 0 Å². The zero-order valence-electron chi connectivity index (χ0n) is 13.9. The average Bonchev–Trinajstić information content (AvgIpc) is 3.28. The lowest BCUT2D eigenvalue weighted by molar-refractivity contribution is 0.0787. The number of aromatic nitrogens is 1. The van der Waals surface area contributed by atoms with E-state index in [9.17, 15) is 17.6 Å². The first-order valence-corrected chi connectivity index (χ1v) is 9.50. The molecule has 1 aliphatic heterocycles. The number of hydrogen-bond donors (Lipinski definition) is 1. The maximum absolute atomic E-state index is 13.0. The third-order valence-electron chi connectivity index (χ3n) is 4.31. The molecule has 0 radical (unpaired) electrons. The molecule has 0 aliphatic carbocycles. The van der Waals surface area contributed by atoms with E-state index in [0.29, 0.717) is 18.7 Å². The largest absolute Gasteiger partial charge is 0.356 e. The number of nitrogens with zero attached hydrogens (tertiary/aromatic N) is 2. The van der Waals surface area contributed by atoms with E-state index in [1.54, 1.807) is 17.0 Å². The summed E-state index contributed by atoms with van der Waals surface area (Å²) in [7, 11) is -2.29. The highest BCUT2D eigenvalue weighted by Gasteiger charge is 2.26. The number of carbonyl (C=O) groups is 1. The molecule has 1 N–H and O–H groups in total. The van der Waals surface area contributed by atoms with Gasteiger partial charge in [0.15, 0.2) is 0 Å². The van der Waals surface area contributed by atoms with Crippen molar-refractivity contribution < 1.29 is 17.6 Å². The molecule has 2 aromatic rings. The molecule has 1 aromatic heterocycles. The Hall–Kier alpha value is -2.19. The van der Waals surface area contributed by atoms with Crippen molar-refractivity contribution in [2.24, 2.45) is 0 Å². The van der Waals surface area contributed by atoms with E-state index in [0.717, 1.165) is 12.8 Å². The molecule has 0 unspecified atom stereocenters. The summed E-state index contributed by atoms with van der Waals surface area (Å²) in [5.74, 6) is -0.551. The van der Waals surface area contributed by atoms with Crippen LogP contribution in [0.2, 0.25) is 0 Å². The second kappa shape index (κ2) is 6.97. The maximum Gasteiger partial charge on any atom is 0.270 e. The van der Waals surface area contributed by atoms with Gasteiger partial charge in [-0.1, -0.05) is 12.1 Å². The van der Waals surface area contributed by atoms with Gasteiger partial charge in [0.25, 0.3) is 5.91 Å². The summed E-state index contributed by atoms with van der Waals surface area (Å²) >= 11 is 0. The Bertz CT molecular complexity index is 856. The van der Waals surface area contributed by atoms with Crippen LogP contribution in [0, 0.1) is 5.82 Å². The van der Waals surface area contributed by atoms with Gasteiger partial charge in [0.05, 0.1) is 0 Å². The number of amides is 1. The summed E-state index contributed by atoms with van der Waals surface area (Å²) in [6.07, 6.45) is 3.27. The van der Waals surface area contributed by atoms with Crippen LogP contribution in [0.15, 0.2) is 41.4 Å². The van der Waals surface area contributed by atoms with Crippen LogP contribution in [-0.2, 0) is 16.6 Å². The van der Waals surface area contributed by atoms with Gasteiger partial charge in [-0.2, -0.15) is 4.31 Å². The Labute approximate surface area is 146 Å². The smallest absolute Gasteiger partial charge is 0.270 e. The predicted molar refractivity (Wildman–Crippen MR) is 91.0 cm³/mol. The number of rotatable bonds is 5. The predicted octanol–water partition coefficient (Wildman–Crippen LogP) is 2.21. The van der Waals surface area contributed by atoms with Crippen molar-refractivity contribution in [1.82, 2.24) is 14.2 Å². The number of carbonyl (C=O) groups excluding carboxylic acids is 1. The van der Waals surface area contributed by atoms with E-state index < -0.39 is 10.0 Å². The number of sulfonamides is 1. The highest BCUT2D eigenvalue weighted by atomic mass is 32.2. The van der Waals surface area contributed by atoms with Gasteiger partial charge in [-0.3, -0.25) is 4.79 Å². The zero-order valence-corrected chi connectivity index (χ0v) is 14.7. The van der Waals surface area contributed by atoms with Crippen LogP contribution in [0.25, 0.3) is 0 Å². The van der Waals surface area contributed by atoms with E-state index in [1.807, 2.05) is 0 Å². The third-order valence-corrected chi connectivity index (χ3v) is 6.09. The first-order chi connectivity index (χ1) is 11.9. The molecule has 8 heteroatoms. The van der Waals surface area contributed by atoms with Crippen LogP contribution < -0.4 is 0 Å². The van der Waals surface area contributed by atoms with Crippen molar-refractivity contribution in [2.75, 3.05) is 20.1 Å². The minimum absolute atomic E-state index is 0.0414. The minimum Gasteiger partial charge on any atom is -0.356 e. The molecule has 1 saturated heterocycles. The molecule has 1 aliphatic rings. The second-order valence-electron chi connectivity index (χ2n) is 6.14. The fourth-order valence-electron chi connectivity index (χ4n) is 2.85. The Balaban J connectivity index is 1.75. The summed E-state index contributed by atoms with van der Waals surface area (Å²) < 4.78 is 39.5. The topological polar surface area (TPSA) is 73.5 Å². The Morgan fingerprint density at radius 1 is 1.24 bits per heavy atom. The van der Waals surface area contributed by atoms with E-state index in [4.69, 9.17) is 0 Å². The zero-order chi connectivity index (χ0) is 18.0. The number of benzene rings is 1. The molecule has 0 spiro atoms. The quantitative estimate of drug-likeness (QED) is 0.883. The first-order valence-electron chi connectivity index (χ1n) is 8.06. The molecular weight excluding hydrogens is 345 g/mol. The van der Waals surface area contributed by atoms with E-state index in [1.165, 1.54) is 35.7 Å². The second-order valence-corrected chi connectivity index (χ2v) is 8.18. The summed E-state index contributed by atoms with van der Waals surface area (Å²) in [4.78, 5) is 16.9. The van der Waals surface area contributed by atoms with Gasteiger partial charge >= 0.3 is 0 Å². The lowest BCUT2D eigenvalue weighted by atomic mass is 10.2. The SMILES string of the molecule is CN(Cc1ccc(F)cc1)S(=O)(=O)c1c[nH]c(C(=O)N2CCCC2)c1. The van der Waals surface area contributed by atoms with E-state index >= 15 is 0 Å². The van der Waals surface area contributed by atoms with Crippen molar-refractivity contribution >= 4 is 15.9 Å². The molecule has 0 saturated carbocycles. The van der Waals surface area contributed by atoms with E-state index in [-0.39, 0.29) is 28.9 Å². The highest BCUT2D eigenvalue weighted by molar-refractivity contribution is 7.89. The fourth-order valence-corrected chi connectivity index (χ4v) is 4.00. The van der Waals surface area contributed by atoms with Crippen LogP contribution in [0.1, 0.15) is 28.9 Å². The monoisotopic (exact) mass is 365 g/mol. The van der Waals surface area contributed by atoms with Gasteiger partial charge in [-0.15, -0.1) is 0 Å². The molecule has 2 heterocycles. The molecule has 1 aromatic carbocycles. The molecule has 134 valence electrons. The molecule has 1 fully saturated rings. The van der Waals surface area contributed by atoms with Gasteiger partial charge in [-0.25, -0.2) is 12.8 Å². The van der Waals surface area contributed by atoms with Crippen LogP contribution in [0.4, 0.5) is 4.39 Å². The van der Waals surface area contributed by atoms with Gasteiger partial charge in [0.1, 0.15) is 16.4 Å². The van der Waals surface area contributed by atoms with Crippen LogP contribution in [0.3, 0.4) is 0 Å². The van der Waals surface area contributed by atoms with Gasteiger partial charge in [-0.05, 0) is 36.6 Å². The highest BCUT2D eigenvalue weighted by Crippen LogP contribution is 2.20. The third kappa shape index (κ3) is 3.74. The van der Waals surface area contributed by atoms with Crippen molar-refractivity contribution in [3.05, 3.63) is 53.6 Å². The number of halogens is 1. The number of aromatic amines is 1. The number of likely N-dealkylation sites (tertiary alicyclic amines) is 1. The molecule has 6 nitrogen and oxygen atoms in total. The van der Waals surface area contributed by atoms with Gasteiger partial charge in [0, 0.05) is 32.9 Å². The number of hydrogen-bond acceptors (Lipinski definition) is 3. The minimum atomic E-state index is -3.75. The molecule has 0 bridgehead atoms. The summed E-state index contributed by atoms with van der Waals surface area (Å²) in [5.41, 5.74) is 0.951. The Kier molecular flexibility index (Phi) is 4.91. The summed E-state index contributed by atoms with van der Waals surface area (Å²) in [6.45, 7) is 1.51. The van der Waals surface area contributed by atoms with Crippen LogP contribution >= 0.6 is 0 Å². The van der Waals surface area contributed by atoms with Crippen LogP contribution in [0.5, 0.6) is 0 Å². The normalized spacial score (nSPS) is 15.1. The van der Waals surface area contributed by atoms with Crippen molar-refractivity contribution in [3.8, 4) is 0 Å². The number of H-pyrrole nitrogens is 1. The molecule has 3 rings (SSSR count). The molecule has 25 heavy (non-hydrogen) atoms. The maximum atomic E-state index is 13.0. The molecule has 0 atom stereocenters. The summed E-state index contributed by atoms with van der Waals surface area (Å²) in [6, 6.07) is 7.04. The van der Waals surface area contributed by atoms with E-state index in [2.05, 4.69) is 4.98 Å². The van der Waals surface area contributed by atoms with Gasteiger partial charge in [0.2, 0.25) is 10.0 Å². The number of nitrogens with one attached hydrogen (secondary N) is 1. The van der Waals surface area contributed by atoms with Crippen molar-refractivity contribution in [2.45, 2.75) is 24.3 Å². The Morgan fingerprint density at radius 3 is 2.52 bits per heavy atom. The van der Waals surface area contributed by atoms with Crippen LogP contribution in [-0.4, -0.2) is 48.7 Å². The fraction of sp³-hybridized carbons (Fsp3) is 0.353. The molecular formula is C17H20FN3O3S. The summed E-state index contributed by atoms with van der Waals surface area (Å²) in [5, 5.41) is 0. The lowest BCUT2D eigenvalue weighted by Crippen LogP contribution is -2.28. The lowest BCUT2D eigenvalue weighted by Gasteiger charge is -2.16. The van der Waals surface area contributed by atoms with Crippen molar-refractivity contribution in [1.29, 1.82) is 0 Å². The average molecular weight is 365 g/mol. The standard InChI is InChI=1S/C17H20FN3O3S/c1-20(12-13-4-6-14(18)7-5-13)25(23,24)15-10-16(19-11-15)17(22)21-8-2-3-9-21/h4-7,10-11,19H,2-3,8-9,12H2,1H3.